The highest BCUT2D eigenvalue weighted by Gasteiger charge is 1.97. The molecule has 0 amide bonds. The monoisotopic (exact) mass is 107 g/mol. The van der Waals surface area contributed by atoms with Crippen molar-refractivity contribution in [3.63, 3.8) is 0 Å². The average Bonchev–Trinajstić information content (AvgIpc) is 1.36. The van der Waals surface area contributed by atoms with Crippen LogP contribution >= 0.6 is 0 Å². The molecule has 4 N–H and O–H groups in total. The summed E-state index contributed by atoms with van der Waals surface area (Å²) in [6, 6.07) is 0. The third-order valence-electron chi connectivity index (χ3n) is 0. The molecule has 0 radical (unpaired) electrons. The molecule has 0 atom stereocenters. The van der Waals surface area contributed by atoms with Gasteiger partial charge in [-0.1, -0.05) is 0 Å². The fraction of sp³-hybridized carbons (Fsp3) is 1.00. The van der Waals surface area contributed by atoms with Crippen molar-refractivity contribution in [1.29, 1.82) is 0 Å². The Morgan fingerprint density at radius 1 is 1.29 bits per heavy atom. The predicted octanol–water partition coefficient (Wildman–Crippen LogP) is -0.497. The molecule has 46 valence electrons. The smallest absolute Gasteiger partial charge is 0.0563 e. The Morgan fingerprint density at radius 3 is 1.29 bits per heavy atom. The van der Waals surface area contributed by atoms with Gasteiger partial charge in [0.05, 0.1) is 5.60 Å². The van der Waals surface area contributed by atoms with Crippen LogP contribution in [0.5, 0.6) is 0 Å². The Morgan fingerprint density at radius 2 is 1.29 bits per heavy atom. The largest absolute Gasteiger partial charge is 0.637 e. The molecule has 0 rings (SSSR count). The molecule has 0 bridgehead atoms. The minimum Gasteiger partial charge on any atom is -0.637 e. The molecule has 0 aliphatic rings. The van der Waals surface area contributed by atoms with Gasteiger partial charge in [0.2, 0.25) is 0 Å². The lowest BCUT2D eigenvalue weighted by Gasteiger charge is -2.04. The maximum atomic E-state index is 8.52. The van der Waals surface area contributed by atoms with Crippen molar-refractivity contribution in [3.05, 3.63) is 5.21 Å². The van der Waals surface area contributed by atoms with Gasteiger partial charge in [-0.3, -0.25) is 0 Å². The first-order chi connectivity index (χ1) is 3.00. The van der Waals surface area contributed by atoms with Gasteiger partial charge in [-0.15, -0.1) is 0 Å². The van der Waals surface area contributed by atoms with E-state index in [1.54, 1.807) is 20.8 Å². The maximum Gasteiger partial charge on any atom is 0.0563 e. The summed E-state index contributed by atoms with van der Waals surface area (Å²) in [6.45, 7) is 5.23. The normalized spacial score (nSPS) is 9.43. The molecule has 3 nitrogen and oxygen atoms in total. The van der Waals surface area contributed by atoms with E-state index in [0.29, 0.717) is 0 Å². The van der Waals surface area contributed by atoms with E-state index in [9.17, 15) is 0 Å². The van der Waals surface area contributed by atoms with Crippen LogP contribution < -0.4 is 5.90 Å². The van der Waals surface area contributed by atoms with Gasteiger partial charge in [-0.25, -0.2) is 0 Å². The Hall–Kier alpha value is -0.120. The third kappa shape index (κ3) is 6150. The van der Waals surface area contributed by atoms with Crippen molar-refractivity contribution in [2.24, 2.45) is 0 Å². The number of hydrogen-bond donors (Lipinski definition) is 2. The van der Waals surface area contributed by atoms with E-state index < -0.39 is 5.60 Å². The molecule has 0 heterocycles. The molecule has 0 aliphatic carbocycles. The molecular formula is C4H13NO2. The first-order valence-corrected chi connectivity index (χ1v) is 2.01. The van der Waals surface area contributed by atoms with Crippen LogP contribution in [0.25, 0.3) is 0 Å². The Balaban J connectivity index is 0. The van der Waals surface area contributed by atoms with Crippen LogP contribution in [0.2, 0.25) is 0 Å². The highest BCUT2D eigenvalue weighted by Crippen LogP contribution is 1.93. The lowest BCUT2D eigenvalue weighted by Crippen LogP contribution is -2.37. The van der Waals surface area contributed by atoms with Crippen LogP contribution in [-0.4, -0.2) is 10.7 Å². The minimum absolute atomic E-state index is 0.500. The zero-order chi connectivity index (χ0) is 6.50. The number of aliphatic hydroxyl groups is 1. The molecule has 7 heavy (non-hydrogen) atoms. The first kappa shape index (κ1) is 9.99. The quantitative estimate of drug-likeness (QED) is 0.410. The molecule has 0 aromatic heterocycles. The van der Waals surface area contributed by atoms with Crippen LogP contribution in [0.15, 0.2) is 0 Å². The predicted molar refractivity (Wildman–Crippen MR) is 28.2 cm³/mol. The molecule has 0 saturated carbocycles. The van der Waals surface area contributed by atoms with E-state index in [0.717, 1.165) is 0 Å². The van der Waals surface area contributed by atoms with Gasteiger partial charge in [0.25, 0.3) is 0 Å². The van der Waals surface area contributed by atoms with E-state index in [1.807, 2.05) is 5.90 Å². The second-order valence-corrected chi connectivity index (χ2v) is 2.17. The molecule has 0 aromatic carbocycles. The van der Waals surface area contributed by atoms with Gasteiger partial charge in [0.1, 0.15) is 0 Å². The summed E-state index contributed by atoms with van der Waals surface area (Å²) < 4.78 is 0. The zero-order valence-electron chi connectivity index (χ0n) is 5.06. The third-order valence-corrected chi connectivity index (χ3v) is 0. The maximum absolute atomic E-state index is 8.52. The van der Waals surface area contributed by atoms with E-state index in [-0.39, 0.29) is 0 Å². The molecule has 0 spiro atoms. The highest BCUT2D eigenvalue weighted by molar-refractivity contribution is 4.50. The van der Waals surface area contributed by atoms with Crippen molar-refractivity contribution in [2.75, 3.05) is 0 Å². The average molecular weight is 107 g/mol. The highest BCUT2D eigenvalue weighted by atomic mass is 16.4. The van der Waals surface area contributed by atoms with E-state index in [4.69, 9.17) is 10.3 Å². The summed E-state index contributed by atoms with van der Waals surface area (Å²) in [5, 5.41) is 16.5. The number of quaternary nitrogens is 1. The van der Waals surface area contributed by atoms with Crippen molar-refractivity contribution in [1.82, 2.24) is 0 Å². The zero-order valence-corrected chi connectivity index (χ0v) is 5.06. The second-order valence-electron chi connectivity index (χ2n) is 2.17. The Labute approximate surface area is 43.7 Å². The standard InChI is InChI=1S/C4H10O.H3NO/c1-4(2,3)5;1-2/h5H,1-3H3;1H3. The lowest BCUT2D eigenvalue weighted by atomic mass is 10.2. The van der Waals surface area contributed by atoms with Gasteiger partial charge in [-0.2, -0.15) is 0 Å². The van der Waals surface area contributed by atoms with E-state index in [2.05, 4.69) is 0 Å². The lowest BCUT2D eigenvalue weighted by molar-refractivity contribution is -0.275. The Kier molecular flexibility index (Phi) is 5.78. The first-order valence-electron chi connectivity index (χ1n) is 2.01. The molecule has 0 aliphatic heterocycles. The molecule has 0 saturated heterocycles. The fourth-order valence-electron chi connectivity index (χ4n) is 0. The minimum atomic E-state index is -0.500. The van der Waals surface area contributed by atoms with Gasteiger partial charge >= 0.3 is 0 Å². The van der Waals surface area contributed by atoms with Crippen LogP contribution in [-0.2, 0) is 0 Å². The second kappa shape index (κ2) is 4.05. The van der Waals surface area contributed by atoms with Crippen LogP contribution in [0.4, 0.5) is 0 Å². The van der Waals surface area contributed by atoms with Crippen LogP contribution in [0.3, 0.4) is 0 Å². The van der Waals surface area contributed by atoms with Crippen molar-refractivity contribution < 1.29 is 11.0 Å². The van der Waals surface area contributed by atoms with Crippen LogP contribution in [0, 0.1) is 5.21 Å². The van der Waals surface area contributed by atoms with Crippen molar-refractivity contribution in [3.8, 4) is 0 Å². The summed E-state index contributed by atoms with van der Waals surface area (Å²) in [5.41, 5.74) is -0.500. The SMILES string of the molecule is CC(C)(C)O.[NH3+][O-]. The summed E-state index contributed by atoms with van der Waals surface area (Å²) in [7, 11) is 0. The Bertz CT molecular complexity index is 25.2. The van der Waals surface area contributed by atoms with Gasteiger partial charge in [0.15, 0.2) is 0 Å². The number of rotatable bonds is 0. The molecule has 0 aromatic rings. The molecule has 0 unspecified atom stereocenters. The van der Waals surface area contributed by atoms with E-state index >= 15 is 0 Å². The van der Waals surface area contributed by atoms with Crippen molar-refractivity contribution >= 4 is 0 Å². The van der Waals surface area contributed by atoms with Gasteiger partial charge in [0, 0.05) is 0 Å². The summed E-state index contributed by atoms with van der Waals surface area (Å²) in [4.78, 5) is 0. The molecular weight excluding hydrogens is 94.0 g/mol. The molecule has 3 heteroatoms. The molecule has 0 fully saturated rings. The van der Waals surface area contributed by atoms with Gasteiger partial charge in [-0.05, 0) is 20.8 Å². The number of hydrogen-bond acceptors (Lipinski definition) is 2. The summed E-state index contributed by atoms with van der Waals surface area (Å²) in [5.74, 6) is 2.00. The van der Waals surface area contributed by atoms with E-state index in [1.165, 1.54) is 0 Å². The van der Waals surface area contributed by atoms with Crippen molar-refractivity contribution in [2.45, 2.75) is 26.4 Å². The fourth-order valence-corrected chi connectivity index (χ4v) is 0. The topological polar surface area (TPSA) is 70.9 Å². The van der Waals surface area contributed by atoms with Gasteiger partial charge < -0.3 is 16.2 Å². The van der Waals surface area contributed by atoms with Crippen LogP contribution in [0.1, 0.15) is 20.8 Å². The summed E-state index contributed by atoms with van der Waals surface area (Å²) in [6.07, 6.45) is 0. The summed E-state index contributed by atoms with van der Waals surface area (Å²) >= 11 is 0.